The maximum absolute atomic E-state index is 5.94. The molecular formula is C11H11BrClN5O. The van der Waals surface area contributed by atoms with Crippen LogP contribution in [0.15, 0.2) is 29.0 Å². The molecule has 0 spiro atoms. The highest BCUT2D eigenvalue weighted by Gasteiger charge is 2.11. The van der Waals surface area contributed by atoms with E-state index in [4.69, 9.17) is 22.2 Å². The number of halogens is 2. The summed E-state index contributed by atoms with van der Waals surface area (Å²) in [5, 5.41) is 3.74. The van der Waals surface area contributed by atoms with Crippen LogP contribution in [0.5, 0.6) is 5.75 Å². The molecular weight excluding hydrogens is 334 g/mol. The normalized spacial score (nSPS) is 10.1. The number of ether oxygens (including phenoxy) is 1. The SMILES string of the molecule is COc1c(NN)ncnc1Nc1ccc(Cl)c(Br)c1. The van der Waals surface area contributed by atoms with E-state index >= 15 is 0 Å². The van der Waals surface area contributed by atoms with Gasteiger partial charge in [0.05, 0.1) is 12.1 Å². The van der Waals surface area contributed by atoms with Crippen LogP contribution in [0, 0.1) is 0 Å². The zero-order valence-corrected chi connectivity index (χ0v) is 12.3. The van der Waals surface area contributed by atoms with Gasteiger partial charge in [-0.05, 0) is 34.1 Å². The van der Waals surface area contributed by atoms with Crippen molar-refractivity contribution in [3.05, 3.63) is 34.0 Å². The Balaban J connectivity index is 2.35. The number of methoxy groups -OCH3 is 1. The molecule has 19 heavy (non-hydrogen) atoms. The van der Waals surface area contributed by atoms with E-state index in [1.165, 1.54) is 13.4 Å². The second-order valence-corrected chi connectivity index (χ2v) is 4.76. The number of nitrogens with two attached hydrogens (primary N) is 1. The molecule has 0 atom stereocenters. The lowest BCUT2D eigenvalue weighted by atomic mass is 10.3. The summed E-state index contributed by atoms with van der Waals surface area (Å²) < 4.78 is 6.01. The van der Waals surface area contributed by atoms with Crippen LogP contribution in [0.1, 0.15) is 0 Å². The van der Waals surface area contributed by atoms with Crippen LogP contribution in [0.25, 0.3) is 0 Å². The van der Waals surface area contributed by atoms with Gasteiger partial charge in [0.2, 0.25) is 5.75 Å². The number of nitrogen functional groups attached to an aromatic ring is 1. The monoisotopic (exact) mass is 343 g/mol. The van der Waals surface area contributed by atoms with Crippen LogP contribution >= 0.6 is 27.5 Å². The van der Waals surface area contributed by atoms with Gasteiger partial charge in [-0.25, -0.2) is 15.8 Å². The Morgan fingerprint density at radius 1 is 1.32 bits per heavy atom. The van der Waals surface area contributed by atoms with Crippen molar-refractivity contribution in [2.75, 3.05) is 17.9 Å². The third-order valence-corrected chi connectivity index (χ3v) is 3.54. The van der Waals surface area contributed by atoms with Crippen LogP contribution < -0.4 is 21.3 Å². The van der Waals surface area contributed by atoms with Crippen molar-refractivity contribution in [3.63, 3.8) is 0 Å². The van der Waals surface area contributed by atoms with Gasteiger partial charge in [-0.3, -0.25) is 0 Å². The summed E-state index contributed by atoms with van der Waals surface area (Å²) in [5.41, 5.74) is 3.25. The number of hydrogen-bond acceptors (Lipinski definition) is 6. The van der Waals surface area contributed by atoms with Crippen LogP contribution in [-0.4, -0.2) is 17.1 Å². The number of nitrogens with zero attached hydrogens (tertiary/aromatic N) is 2. The first kappa shape index (κ1) is 13.9. The highest BCUT2D eigenvalue weighted by molar-refractivity contribution is 9.10. The maximum Gasteiger partial charge on any atom is 0.205 e. The van der Waals surface area contributed by atoms with Crippen molar-refractivity contribution in [1.29, 1.82) is 0 Å². The fraction of sp³-hybridized carbons (Fsp3) is 0.0909. The van der Waals surface area contributed by atoms with E-state index < -0.39 is 0 Å². The summed E-state index contributed by atoms with van der Waals surface area (Å²) in [7, 11) is 1.52. The Bertz CT molecular complexity index is 595. The van der Waals surface area contributed by atoms with E-state index in [2.05, 4.69) is 36.6 Å². The number of rotatable bonds is 4. The summed E-state index contributed by atoms with van der Waals surface area (Å²) in [5.74, 6) is 6.68. The molecule has 0 fully saturated rings. The molecule has 0 saturated heterocycles. The first-order valence-electron chi connectivity index (χ1n) is 5.23. The molecule has 8 heteroatoms. The summed E-state index contributed by atoms with van der Waals surface area (Å²) >= 11 is 9.29. The van der Waals surface area contributed by atoms with Crippen molar-refractivity contribution in [2.45, 2.75) is 0 Å². The number of hydrogen-bond donors (Lipinski definition) is 3. The quantitative estimate of drug-likeness (QED) is 0.584. The molecule has 0 unspecified atom stereocenters. The first-order chi connectivity index (χ1) is 9.15. The molecule has 0 aliphatic rings. The Kier molecular flexibility index (Phi) is 4.41. The van der Waals surface area contributed by atoms with Crippen LogP contribution in [-0.2, 0) is 0 Å². The molecule has 6 nitrogen and oxygen atoms in total. The summed E-state index contributed by atoms with van der Waals surface area (Å²) in [6, 6.07) is 5.42. The molecule has 0 radical (unpaired) electrons. The molecule has 1 aromatic heterocycles. The van der Waals surface area contributed by atoms with Gasteiger partial charge < -0.3 is 15.5 Å². The number of nitrogens with one attached hydrogen (secondary N) is 2. The lowest BCUT2D eigenvalue weighted by molar-refractivity contribution is 0.415. The second kappa shape index (κ2) is 6.05. The zero-order chi connectivity index (χ0) is 13.8. The molecule has 0 saturated carbocycles. The number of anilines is 3. The van der Waals surface area contributed by atoms with Crippen LogP contribution in [0.2, 0.25) is 5.02 Å². The van der Waals surface area contributed by atoms with E-state index in [0.717, 1.165) is 10.2 Å². The van der Waals surface area contributed by atoms with E-state index in [9.17, 15) is 0 Å². The van der Waals surface area contributed by atoms with Gasteiger partial charge in [-0.2, -0.15) is 0 Å². The average Bonchev–Trinajstić information content (AvgIpc) is 2.42. The molecule has 0 bridgehead atoms. The topological polar surface area (TPSA) is 85.1 Å². The van der Waals surface area contributed by atoms with Gasteiger partial charge in [0.15, 0.2) is 11.6 Å². The van der Waals surface area contributed by atoms with Crippen molar-refractivity contribution in [3.8, 4) is 5.75 Å². The molecule has 100 valence electrons. The smallest absolute Gasteiger partial charge is 0.205 e. The van der Waals surface area contributed by atoms with Gasteiger partial charge in [0.1, 0.15) is 6.33 Å². The van der Waals surface area contributed by atoms with Crippen molar-refractivity contribution in [2.24, 2.45) is 5.84 Å². The Morgan fingerprint density at radius 2 is 2.05 bits per heavy atom. The molecule has 0 aliphatic heterocycles. The largest absolute Gasteiger partial charge is 0.490 e. The first-order valence-corrected chi connectivity index (χ1v) is 6.40. The second-order valence-electron chi connectivity index (χ2n) is 3.50. The number of aromatic nitrogens is 2. The highest BCUT2D eigenvalue weighted by atomic mass is 79.9. The third kappa shape index (κ3) is 3.06. The highest BCUT2D eigenvalue weighted by Crippen LogP contribution is 2.32. The maximum atomic E-state index is 5.94. The summed E-state index contributed by atoms with van der Waals surface area (Å²) in [4.78, 5) is 8.07. The van der Waals surface area contributed by atoms with Gasteiger partial charge in [0, 0.05) is 10.2 Å². The van der Waals surface area contributed by atoms with Crippen molar-refractivity contribution < 1.29 is 4.74 Å². The molecule has 1 heterocycles. The van der Waals surface area contributed by atoms with E-state index in [1.54, 1.807) is 6.07 Å². The molecule has 1 aromatic carbocycles. The van der Waals surface area contributed by atoms with Gasteiger partial charge in [0.25, 0.3) is 0 Å². The minimum absolute atomic E-state index is 0.396. The van der Waals surface area contributed by atoms with Gasteiger partial charge in [-0.1, -0.05) is 11.6 Å². The Labute approximate surface area is 123 Å². The van der Waals surface area contributed by atoms with Gasteiger partial charge in [-0.15, -0.1) is 0 Å². The minimum Gasteiger partial charge on any atom is -0.490 e. The predicted molar refractivity (Wildman–Crippen MR) is 78.8 cm³/mol. The minimum atomic E-state index is 0.396. The van der Waals surface area contributed by atoms with E-state index in [1.807, 2.05) is 12.1 Å². The predicted octanol–water partition coefficient (Wildman–Crippen LogP) is 2.93. The van der Waals surface area contributed by atoms with Crippen LogP contribution in [0.4, 0.5) is 17.3 Å². The average molecular weight is 345 g/mol. The molecule has 4 N–H and O–H groups in total. The van der Waals surface area contributed by atoms with E-state index in [-0.39, 0.29) is 0 Å². The van der Waals surface area contributed by atoms with E-state index in [0.29, 0.717) is 22.4 Å². The fourth-order valence-electron chi connectivity index (χ4n) is 1.47. The lowest BCUT2D eigenvalue weighted by Crippen LogP contribution is -2.11. The van der Waals surface area contributed by atoms with Crippen molar-refractivity contribution in [1.82, 2.24) is 9.97 Å². The Morgan fingerprint density at radius 3 is 2.68 bits per heavy atom. The van der Waals surface area contributed by atoms with Crippen LogP contribution in [0.3, 0.4) is 0 Å². The standard InChI is InChI=1S/C11H11BrClN5O/c1-19-9-10(15-5-16-11(9)18-14)17-6-2-3-8(13)7(12)4-6/h2-5H,14H2,1H3,(H2,15,16,17,18). The molecule has 2 rings (SSSR count). The van der Waals surface area contributed by atoms with Gasteiger partial charge >= 0.3 is 0 Å². The third-order valence-electron chi connectivity index (χ3n) is 2.33. The zero-order valence-electron chi connectivity index (χ0n) is 9.95. The molecule has 0 aliphatic carbocycles. The lowest BCUT2D eigenvalue weighted by Gasteiger charge is -2.12. The summed E-state index contributed by atoms with van der Waals surface area (Å²) in [6.45, 7) is 0. The number of benzene rings is 1. The number of hydrazine groups is 1. The van der Waals surface area contributed by atoms with Crippen molar-refractivity contribution >= 4 is 44.9 Å². The molecule has 2 aromatic rings. The molecule has 0 amide bonds. The summed E-state index contributed by atoms with van der Waals surface area (Å²) in [6.07, 6.45) is 1.38. The Hall–Kier alpha value is -1.57. The fourth-order valence-corrected chi connectivity index (χ4v) is 1.97.